The Bertz CT molecular complexity index is 183. The fourth-order valence-corrected chi connectivity index (χ4v) is 0.863. The lowest BCUT2D eigenvalue weighted by molar-refractivity contribution is -0.131. The van der Waals surface area contributed by atoms with Gasteiger partial charge in [-0.3, -0.25) is 0 Å². The molecule has 0 heterocycles. The quantitative estimate of drug-likeness (QED) is 0.360. The summed E-state index contributed by atoms with van der Waals surface area (Å²) in [6.45, 7) is 0.253. The zero-order valence-electron chi connectivity index (χ0n) is 7.65. The maximum absolute atomic E-state index is 10.0. The minimum absolute atomic E-state index is 0.253. The van der Waals surface area contributed by atoms with E-state index in [9.17, 15) is 4.79 Å². The molecule has 0 aromatic carbocycles. The number of carboxylic acid groups (broad SMARTS) is 1. The van der Waals surface area contributed by atoms with Crippen LogP contribution in [0.5, 0.6) is 0 Å². The molecule has 0 aromatic rings. The van der Waals surface area contributed by atoms with Crippen molar-refractivity contribution in [3.05, 3.63) is 24.3 Å². The smallest absolute Gasteiger partial charge is 0.328 e. The third-order valence-corrected chi connectivity index (χ3v) is 1.51. The Morgan fingerprint density at radius 3 is 2.54 bits per heavy atom. The molecule has 3 nitrogen and oxygen atoms in total. The molecule has 0 saturated carbocycles. The number of aliphatic hydroxyl groups excluding tert-OH is 1. The number of aliphatic hydroxyl groups is 1. The van der Waals surface area contributed by atoms with Crippen molar-refractivity contribution >= 4 is 5.97 Å². The molecule has 0 spiro atoms. The molecule has 0 aliphatic rings. The average Bonchev–Trinajstić information content (AvgIpc) is 2.09. The lowest BCUT2D eigenvalue weighted by Crippen LogP contribution is -1.84. The van der Waals surface area contributed by atoms with Crippen molar-refractivity contribution in [3.8, 4) is 0 Å². The Kier molecular flexibility index (Phi) is 8.25. The number of carboxylic acids is 1. The summed E-state index contributed by atoms with van der Waals surface area (Å²) in [5.41, 5.74) is 0. The molecule has 0 saturated heterocycles. The van der Waals surface area contributed by atoms with Crippen LogP contribution in [0.15, 0.2) is 24.3 Å². The second-order valence-electron chi connectivity index (χ2n) is 2.70. The van der Waals surface area contributed by atoms with Crippen molar-refractivity contribution in [1.82, 2.24) is 0 Å². The first kappa shape index (κ1) is 11.9. The number of unbranched alkanes of at least 4 members (excludes halogenated alkanes) is 3. The van der Waals surface area contributed by atoms with Crippen molar-refractivity contribution < 1.29 is 15.0 Å². The van der Waals surface area contributed by atoms with Crippen LogP contribution in [0, 0.1) is 0 Å². The van der Waals surface area contributed by atoms with Crippen molar-refractivity contribution in [2.45, 2.75) is 25.7 Å². The third-order valence-electron chi connectivity index (χ3n) is 1.51. The molecular weight excluding hydrogens is 168 g/mol. The minimum Gasteiger partial charge on any atom is -0.478 e. The van der Waals surface area contributed by atoms with E-state index in [1.54, 1.807) is 6.08 Å². The molecule has 74 valence electrons. The number of carbonyl (C=O) groups is 1. The van der Waals surface area contributed by atoms with Gasteiger partial charge in [0.2, 0.25) is 0 Å². The summed E-state index contributed by atoms with van der Waals surface area (Å²) >= 11 is 0. The van der Waals surface area contributed by atoms with Crippen LogP contribution >= 0.6 is 0 Å². The van der Waals surface area contributed by atoms with Gasteiger partial charge in [-0.05, 0) is 19.3 Å². The topological polar surface area (TPSA) is 57.5 Å². The number of allylic oxidation sites excluding steroid dienone is 3. The molecule has 13 heavy (non-hydrogen) atoms. The second kappa shape index (κ2) is 9.00. The Morgan fingerprint density at radius 2 is 1.92 bits per heavy atom. The van der Waals surface area contributed by atoms with E-state index in [-0.39, 0.29) is 6.61 Å². The van der Waals surface area contributed by atoms with Gasteiger partial charge in [0.05, 0.1) is 0 Å². The van der Waals surface area contributed by atoms with Gasteiger partial charge in [0.15, 0.2) is 0 Å². The Hall–Kier alpha value is -1.09. The van der Waals surface area contributed by atoms with Crippen molar-refractivity contribution in [2.75, 3.05) is 6.61 Å². The number of hydrogen-bond donors (Lipinski definition) is 2. The first-order chi connectivity index (χ1) is 6.27. The van der Waals surface area contributed by atoms with E-state index >= 15 is 0 Å². The second-order valence-corrected chi connectivity index (χ2v) is 2.70. The van der Waals surface area contributed by atoms with Crippen LogP contribution in [0.3, 0.4) is 0 Å². The summed E-state index contributed by atoms with van der Waals surface area (Å²) in [4.78, 5) is 10.0. The summed E-state index contributed by atoms with van der Waals surface area (Å²) in [7, 11) is 0. The zero-order valence-corrected chi connectivity index (χ0v) is 7.65. The van der Waals surface area contributed by atoms with Crippen LogP contribution in [0.25, 0.3) is 0 Å². The number of hydrogen-bond acceptors (Lipinski definition) is 2. The van der Waals surface area contributed by atoms with Crippen molar-refractivity contribution in [3.63, 3.8) is 0 Å². The maximum atomic E-state index is 10.0. The van der Waals surface area contributed by atoms with E-state index in [4.69, 9.17) is 10.2 Å². The van der Waals surface area contributed by atoms with Crippen molar-refractivity contribution in [2.24, 2.45) is 0 Å². The van der Waals surface area contributed by atoms with Crippen LogP contribution in [0.1, 0.15) is 25.7 Å². The van der Waals surface area contributed by atoms with E-state index < -0.39 is 5.97 Å². The Morgan fingerprint density at radius 1 is 1.15 bits per heavy atom. The van der Waals surface area contributed by atoms with E-state index in [0.29, 0.717) is 0 Å². The Balaban J connectivity index is 3.26. The molecule has 0 radical (unpaired) electrons. The molecule has 0 bridgehead atoms. The standard InChI is InChI=1S/C10H16O3/c11-9-7-5-3-1-2-4-6-8-10(12)13/h2,4,6,8,11H,1,3,5,7,9H2,(H,12,13). The fraction of sp³-hybridized carbons (Fsp3) is 0.500. The molecule has 0 amide bonds. The van der Waals surface area contributed by atoms with Crippen LogP contribution in [0.4, 0.5) is 0 Å². The highest BCUT2D eigenvalue weighted by atomic mass is 16.4. The van der Waals surface area contributed by atoms with E-state index in [1.807, 2.05) is 6.08 Å². The lowest BCUT2D eigenvalue weighted by atomic mass is 10.2. The predicted molar refractivity (Wildman–Crippen MR) is 51.5 cm³/mol. The third kappa shape index (κ3) is 10.9. The molecule has 2 N–H and O–H groups in total. The molecule has 3 heteroatoms. The molecule has 0 aliphatic heterocycles. The number of aliphatic carboxylic acids is 1. The SMILES string of the molecule is O=C(O)C=CC=CCCCCCO. The Labute approximate surface area is 78.4 Å². The fourth-order valence-electron chi connectivity index (χ4n) is 0.863. The highest BCUT2D eigenvalue weighted by molar-refractivity contribution is 5.80. The highest BCUT2D eigenvalue weighted by Gasteiger charge is 1.84. The molecule has 0 unspecified atom stereocenters. The molecule has 0 aromatic heterocycles. The molecule has 0 rings (SSSR count). The van der Waals surface area contributed by atoms with E-state index in [1.165, 1.54) is 6.08 Å². The van der Waals surface area contributed by atoms with E-state index in [0.717, 1.165) is 31.8 Å². The molecule has 0 aliphatic carbocycles. The van der Waals surface area contributed by atoms with Crippen molar-refractivity contribution in [1.29, 1.82) is 0 Å². The molecule has 0 fully saturated rings. The van der Waals surface area contributed by atoms with Crippen LogP contribution in [-0.4, -0.2) is 22.8 Å². The van der Waals surface area contributed by atoms with Crippen LogP contribution in [-0.2, 0) is 4.79 Å². The van der Waals surface area contributed by atoms with E-state index in [2.05, 4.69) is 0 Å². The highest BCUT2D eigenvalue weighted by Crippen LogP contribution is 1.99. The molecule has 0 atom stereocenters. The van der Waals surface area contributed by atoms with Gasteiger partial charge in [0.1, 0.15) is 0 Å². The lowest BCUT2D eigenvalue weighted by Gasteiger charge is -1.92. The summed E-state index contributed by atoms with van der Waals surface area (Å²) in [6, 6.07) is 0. The largest absolute Gasteiger partial charge is 0.478 e. The average molecular weight is 184 g/mol. The van der Waals surface area contributed by atoms with Gasteiger partial charge < -0.3 is 10.2 Å². The minimum atomic E-state index is -0.926. The summed E-state index contributed by atoms with van der Waals surface area (Å²) in [5, 5.41) is 16.7. The first-order valence-electron chi connectivity index (χ1n) is 4.44. The zero-order chi connectivity index (χ0) is 9.94. The van der Waals surface area contributed by atoms with Gasteiger partial charge >= 0.3 is 5.97 Å². The summed E-state index contributed by atoms with van der Waals surface area (Å²) < 4.78 is 0. The first-order valence-corrected chi connectivity index (χ1v) is 4.44. The van der Waals surface area contributed by atoms with Gasteiger partial charge in [0, 0.05) is 12.7 Å². The maximum Gasteiger partial charge on any atom is 0.328 e. The summed E-state index contributed by atoms with van der Waals surface area (Å²) in [5.74, 6) is -0.926. The van der Waals surface area contributed by atoms with Crippen LogP contribution in [0.2, 0.25) is 0 Å². The molecular formula is C10H16O3. The van der Waals surface area contributed by atoms with Gasteiger partial charge in [-0.25, -0.2) is 4.79 Å². The normalized spacial score (nSPS) is 11.5. The van der Waals surface area contributed by atoms with Gasteiger partial charge in [0.25, 0.3) is 0 Å². The van der Waals surface area contributed by atoms with Gasteiger partial charge in [-0.1, -0.05) is 24.6 Å². The predicted octanol–water partition coefficient (Wildman–Crippen LogP) is 1.74. The number of rotatable bonds is 7. The van der Waals surface area contributed by atoms with Crippen LogP contribution < -0.4 is 0 Å². The van der Waals surface area contributed by atoms with Gasteiger partial charge in [-0.2, -0.15) is 0 Å². The monoisotopic (exact) mass is 184 g/mol. The summed E-state index contributed by atoms with van der Waals surface area (Å²) in [6.07, 6.45) is 10.1. The van der Waals surface area contributed by atoms with Gasteiger partial charge in [-0.15, -0.1) is 0 Å².